The summed E-state index contributed by atoms with van der Waals surface area (Å²) in [7, 11) is 0. The largest absolute Gasteiger partial charge is 0.477 e. The van der Waals surface area contributed by atoms with Crippen LogP contribution in [0.3, 0.4) is 0 Å². The average Bonchev–Trinajstić information content (AvgIpc) is 3.07. The standard InChI is InChI=1S/C19H18N4O5S/c20-13-17(26)23-14(19(27)28)11(8-29-18(13)23)7-10-5-6-22(16(10)25)12-3-1-9(2-4-12)15(21)24/h1-4,7,13,18H,5-6,8,20H2,(H2,21,24)(H,27,28)/t13-,18-/m1/s1. The third-order valence-electron chi connectivity index (χ3n) is 5.18. The van der Waals surface area contributed by atoms with Gasteiger partial charge in [0, 0.05) is 29.1 Å². The van der Waals surface area contributed by atoms with Gasteiger partial charge in [-0.1, -0.05) is 0 Å². The van der Waals surface area contributed by atoms with Crippen LogP contribution >= 0.6 is 11.8 Å². The van der Waals surface area contributed by atoms with Gasteiger partial charge in [0.2, 0.25) is 11.8 Å². The number of amides is 3. The summed E-state index contributed by atoms with van der Waals surface area (Å²) in [5.74, 6) is -2.08. The van der Waals surface area contributed by atoms with Gasteiger partial charge in [-0.15, -0.1) is 11.8 Å². The number of thioether (sulfide) groups is 1. The number of hydrogen-bond acceptors (Lipinski definition) is 6. The predicted octanol–water partition coefficient (Wildman–Crippen LogP) is 0.0297. The zero-order chi connectivity index (χ0) is 20.9. The van der Waals surface area contributed by atoms with Gasteiger partial charge >= 0.3 is 5.97 Å². The van der Waals surface area contributed by atoms with Crippen LogP contribution in [0.4, 0.5) is 5.69 Å². The van der Waals surface area contributed by atoms with Crippen molar-refractivity contribution in [2.45, 2.75) is 17.8 Å². The van der Waals surface area contributed by atoms with Gasteiger partial charge < -0.3 is 21.5 Å². The maximum absolute atomic E-state index is 12.8. The van der Waals surface area contributed by atoms with Crippen LogP contribution in [-0.2, 0) is 14.4 Å². The van der Waals surface area contributed by atoms with Crippen LogP contribution in [0.15, 0.2) is 47.2 Å². The number of benzene rings is 1. The molecule has 0 radical (unpaired) electrons. The molecule has 3 heterocycles. The smallest absolute Gasteiger partial charge is 0.352 e. The monoisotopic (exact) mass is 414 g/mol. The number of hydrogen-bond donors (Lipinski definition) is 3. The number of anilines is 1. The van der Waals surface area contributed by atoms with Crippen molar-refractivity contribution in [1.29, 1.82) is 0 Å². The number of fused-ring (bicyclic) bond motifs is 1. The summed E-state index contributed by atoms with van der Waals surface area (Å²) in [4.78, 5) is 50.6. The quantitative estimate of drug-likeness (QED) is 0.465. The SMILES string of the molecule is NC(=O)c1ccc(N2CCC(=CC3=C(C(=O)O)N4C(=O)[C@@H](N)[C@H]4SC3)C2=O)cc1. The first-order chi connectivity index (χ1) is 13.8. The number of aliphatic carboxylic acids is 1. The summed E-state index contributed by atoms with van der Waals surface area (Å²) in [6.07, 6.45) is 2.01. The normalized spacial score (nSPS) is 25.3. The van der Waals surface area contributed by atoms with E-state index in [4.69, 9.17) is 11.5 Å². The maximum atomic E-state index is 12.8. The molecule has 0 bridgehead atoms. The molecule has 2 atom stereocenters. The molecule has 0 unspecified atom stereocenters. The van der Waals surface area contributed by atoms with E-state index in [2.05, 4.69) is 0 Å². The van der Waals surface area contributed by atoms with Crippen molar-refractivity contribution < 1.29 is 24.3 Å². The molecular weight excluding hydrogens is 396 g/mol. The van der Waals surface area contributed by atoms with E-state index in [1.165, 1.54) is 16.7 Å². The summed E-state index contributed by atoms with van der Waals surface area (Å²) < 4.78 is 0. The number of β-lactam (4-membered cyclic amide) rings is 1. The molecule has 3 amide bonds. The highest BCUT2D eigenvalue weighted by atomic mass is 32.2. The molecule has 0 aromatic heterocycles. The Kier molecular flexibility index (Phi) is 4.67. The van der Waals surface area contributed by atoms with Crippen molar-refractivity contribution in [3.8, 4) is 0 Å². The molecule has 1 aromatic rings. The minimum Gasteiger partial charge on any atom is -0.477 e. The van der Waals surface area contributed by atoms with Crippen LogP contribution in [0.2, 0.25) is 0 Å². The van der Waals surface area contributed by atoms with Gasteiger partial charge in [-0.3, -0.25) is 19.3 Å². The Labute approximate surface area is 170 Å². The zero-order valence-corrected chi connectivity index (χ0v) is 16.0. The van der Waals surface area contributed by atoms with Crippen LogP contribution in [-0.4, -0.2) is 57.4 Å². The van der Waals surface area contributed by atoms with Gasteiger partial charge in [-0.25, -0.2) is 4.79 Å². The van der Waals surface area contributed by atoms with Crippen molar-refractivity contribution in [2.75, 3.05) is 17.2 Å². The van der Waals surface area contributed by atoms with Gasteiger partial charge in [0.05, 0.1) is 0 Å². The fourth-order valence-corrected chi connectivity index (χ4v) is 4.91. The highest BCUT2D eigenvalue weighted by Gasteiger charge is 2.51. The van der Waals surface area contributed by atoms with Crippen molar-refractivity contribution in [3.63, 3.8) is 0 Å². The second kappa shape index (κ2) is 7.05. The molecule has 2 fully saturated rings. The summed E-state index contributed by atoms with van der Waals surface area (Å²) in [5, 5.41) is 9.23. The van der Waals surface area contributed by atoms with E-state index in [1.54, 1.807) is 35.2 Å². The first kappa shape index (κ1) is 19.2. The zero-order valence-electron chi connectivity index (χ0n) is 15.2. The number of nitrogens with two attached hydrogens (primary N) is 2. The lowest BCUT2D eigenvalue weighted by atomic mass is 10.0. The fourth-order valence-electron chi connectivity index (χ4n) is 3.66. The lowest BCUT2D eigenvalue weighted by Gasteiger charge is -2.47. The molecule has 1 aromatic carbocycles. The topological polar surface area (TPSA) is 147 Å². The Balaban J connectivity index is 1.61. The minimum atomic E-state index is -1.22. The predicted molar refractivity (Wildman–Crippen MR) is 106 cm³/mol. The van der Waals surface area contributed by atoms with Crippen LogP contribution in [0.25, 0.3) is 0 Å². The van der Waals surface area contributed by atoms with E-state index < -0.39 is 23.8 Å². The Hall–Kier alpha value is -3.11. The Bertz CT molecular complexity index is 1000. The van der Waals surface area contributed by atoms with E-state index in [9.17, 15) is 24.3 Å². The third kappa shape index (κ3) is 3.10. The van der Waals surface area contributed by atoms with Crippen molar-refractivity contribution >= 4 is 41.1 Å². The van der Waals surface area contributed by atoms with Gasteiger partial charge in [0.1, 0.15) is 17.1 Å². The molecule has 3 aliphatic rings. The summed E-state index contributed by atoms with van der Waals surface area (Å²) in [6, 6.07) is 5.69. The number of carbonyl (C=O) groups excluding carboxylic acids is 3. The van der Waals surface area contributed by atoms with Crippen molar-refractivity contribution in [3.05, 3.63) is 52.7 Å². The molecule has 0 aliphatic carbocycles. The Morgan fingerprint density at radius 3 is 2.52 bits per heavy atom. The van der Waals surface area contributed by atoms with Gasteiger partial charge in [0.15, 0.2) is 0 Å². The number of carboxylic acids is 1. The van der Waals surface area contributed by atoms with Crippen LogP contribution < -0.4 is 16.4 Å². The molecule has 5 N–H and O–H groups in total. The van der Waals surface area contributed by atoms with E-state index in [0.29, 0.717) is 41.1 Å². The van der Waals surface area contributed by atoms with Gasteiger partial charge in [0.25, 0.3) is 5.91 Å². The third-order valence-corrected chi connectivity index (χ3v) is 6.50. The lowest BCUT2D eigenvalue weighted by molar-refractivity contribution is -0.147. The average molecular weight is 414 g/mol. The second-order valence-electron chi connectivity index (χ2n) is 6.90. The summed E-state index contributed by atoms with van der Waals surface area (Å²) in [6.45, 7) is 0.430. The molecule has 2 saturated heterocycles. The number of rotatable bonds is 4. The lowest BCUT2D eigenvalue weighted by Crippen LogP contribution is -2.68. The fraction of sp³-hybridized carbons (Fsp3) is 0.263. The Morgan fingerprint density at radius 2 is 1.90 bits per heavy atom. The van der Waals surface area contributed by atoms with Crippen LogP contribution in [0.1, 0.15) is 16.8 Å². The highest BCUT2D eigenvalue weighted by molar-refractivity contribution is 8.00. The molecule has 0 saturated carbocycles. The molecule has 150 valence electrons. The molecular formula is C19H18N4O5S. The molecule has 29 heavy (non-hydrogen) atoms. The number of primary amides is 1. The first-order valence-corrected chi connectivity index (χ1v) is 9.93. The van der Waals surface area contributed by atoms with Crippen molar-refractivity contribution in [2.24, 2.45) is 11.5 Å². The van der Waals surface area contributed by atoms with E-state index in [1.807, 2.05) is 0 Å². The Morgan fingerprint density at radius 1 is 1.21 bits per heavy atom. The number of allylic oxidation sites excluding steroid dienone is 1. The number of nitrogens with zero attached hydrogens (tertiary/aromatic N) is 2. The van der Waals surface area contributed by atoms with Crippen LogP contribution in [0, 0.1) is 0 Å². The first-order valence-electron chi connectivity index (χ1n) is 8.88. The number of carboxylic acid groups (broad SMARTS) is 1. The molecule has 3 aliphatic heterocycles. The maximum Gasteiger partial charge on any atom is 0.352 e. The summed E-state index contributed by atoms with van der Waals surface area (Å²) >= 11 is 1.39. The second-order valence-corrected chi connectivity index (χ2v) is 8.01. The summed E-state index contributed by atoms with van der Waals surface area (Å²) in [5.41, 5.74) is 12.7. The van der Waals surface area contributed by atoms with Crippen LogP contribution in [0.5, 0.6) is 0 Å². The molecule has 9 nitrogen and oxygen atoms in total. The van der Waals surface area contributed by atoms with E-state index in [0.717, 1.165) is 0 Å². The molecule has 0 spiro atoms. The molecule has 4 rings (SSSR count). The highest BCUT2D eigenvalue weighted by Crippen LogP contribution is 2.40. The van der Waals surface area contributed by atoms with E-state index in [-0.39, 0.29) is 17.0 Å². The minimum absolute atomic E-state index is 0.106. The number of carbonyl (C=O) groups is 4. The molecule has 10 heteroatoms. The van der Waals surface area contributed by atoms with E-state index >= 15 is 0 Å². The van der Waals surface area contributed by atoms with Gasteiger partial charge in [-0.2, -0.15) is 0 Å². The van der Waals surface area contributed by atoms with Gasteiger partial charge in [-0.05, 0) is 42.3 Å². The van der Waals surface area contributed by atoms with Crippen molar-refractivity contribution in [1.82, 2.24) is 4.90 Å².